The number of pyridine rings is 1. The quantitative estimate of drug-likeness (QED) is 0.824. The molecule has 7 nitrogen and oxygen atoms in total. The van der Waals surface area contributed by atoms with Crippen LogP contribution in [0.3, 0.4) is 0 Å². The Bertz CT molecular complexity index is 785. The largest absolute Gasteiger partial charge is 0.463 e. The van der Waals surface area contributed by atoms with E-state index >= 15 is 0 Å². The van der Waals surface area contributed by atoms with Crippen LogP contribution in [0.5, 0.6) is 0 Å². The fourth-order valence-electron chi connectivity index (χ4n) is 3.51. The monoisotopic (exact) mass is 315 g/mol. The Morgan fingerprint density at radius 2 is 2.26 bits per heavy atom. The van der Waals surface area contributed by atoms with Gasteiger partial charge in [0, 0.05) is 35.8 Å². The maximum atomic E-state index is 12.4. The SMILES string of the molecule is COC(=O)c1cc2cnc(C(=O)NC3CC4CNC3C4)cc2o1. The van der Waals surface area contributed by atoms with Gasteiger partial charge in [0.15, 0.2) is 0 Å². The summed E-state index contributed by atoms with van der Waals surface area (Å²) in [5.41, 5.74) is 0.725. The number of carbonyl (C=O) groups is 2. The van der Waals surface area contributed by atoms with Gasteiger partial charge in [0.25, 0.3) is 5.91 Å². The fraction of sp³-hybridized carbons (Fsp3) is 0.438. The molecule has 0 spiro atoms. The summed E-state index contributed by atoms with van der Waals surface area (Å²) in [7, 11) is 1.29. The molecule has 2 aromatic rings. The lowest BCUT2D eigenvalue weighted by atomic mass is 10.1. The van der Waals surface area contributed by atoms with Gasteiger partial charge in [-0.2, -0.15) is 0 Å². The van der Waals surface area contributed by atoms with Gasteiger partial charge in [-0.05, 0) is 25.3 Å². The van der Waals surface area contributed by atoms with E-state index in [1.165, 1.54) is 13.3 Å². The summed E-state index contributed by atoms with van der Waals surface area (Å²) >= 11 is 0. The Morgan fingerprint density at radius 3 is 2.96 bits per heavy atom. The smallest absolute Gasteiger partial charge is 0.373 e. The first-order valence-corrected chi connectivity index (χ1v) is 7.66. The summed E-state index contributed by atoms with van der Waals surface area (Å²) < 4.78 is 10.0. The second-order valence-corrected chi connectivity index (χ2v) is 6.14. The normalized spacial score (nSPS) is 25.7. The molecule has 4 rings (SSSR count). The van der Waals surface area contributed by atoms with Crippen LogP contribution in [0.25, 0.3) is 11.0 Å². The zero-order chi connectivity index (χ0) is 16.0. The summed E-state index contributed by atoms with van der Waals surface area (Å²) in [6.07, 6.45) is 3.66. The summed E-state index contributed by atoms with van der Waals surface area (Å²) in [5.74, 6) is -0.0184. The number of rotatable bonds is 3. The van der Waals surface area contributed by atoms with Crippen molar-refractivity contribution in [3.8, 4) is 0 Å². The standard InChI is InChI=1S/C16H17N3O4/c1-22-16(21)14-4-9-7-18-12(5-13(9)23-14)15(20)19-11-3-8-2-10(11)17-6-8/h4-5,7-8,10-11,17H,2-3,6H2,1H3,(H,19,20). The molecule has 1 amide bonds. The van der Waals surface area contributed by atoms with Gasteiger partial charge in [-0.1, -0.05) is 0 Å². The highest BCUT2D eigenvalue weighted by molar-refractivity contribution is 5.97. The van der Waals surface area contributed by atoms with Gasteiger partial charge in [0.1, 0.15) is 11.3 Å². The summed E-state index contributed by atoms with van der Waals surface area (Å²) in [6.45, 7) is 1.05. The number of furan rings is 1. The average Bonchev–Trinajstić information content (AvgIpc) is 3.27. The van der Waals surface area contributed by atoms with E-state index < -0.39 is 5.97 Å². The molecule has 1 aliphatic heterocycles. The topological polar surface area (TPSA) is 93.5 Å². The lowest BCUT2D eigenvalue weighted by Crippen LogP contribution is -2.48. The van der Waals surface area contributed by atoms with Crippen molar-refractivity contribution in [2.24, 2.45) is 5.92 Å². The highest BCUT2D eigenvalue weighted by Crippen LogP contribution is 2.31. The minimum Gasteiger partial charge on any atom is -0.463 e. The van der Waals surface area contributed by atoms with Gasteiger partial charge in [-0.25, -0.2) is 4.79 Å². The number of nitrogens with zero attached hydrogens (tertiary/aromatic N) is 1. The molecule has 3 atom stereocenters. The minimum atomic E-state index is -0.555. The highest BCUT2D eigenvalue weighted by Gasteiger charge is 2.40. The van der Waals surface area contributed by atoms with Crippen LogP contribution in [-0.2, 0) is 4.74 Å². The first-order chi connectivity index (χ1) is 11.1. The molecule has 2 aliphatic rings. The molecule has 3 unspecified atom stereocenters. The molecule has 1 saturated carbocycles. The summed E-state index contributed by atoms with van der Waals surface area (Å²) in [6, 6.07) is 3.62. The molecule has 1 saturated heterocycles. The summed E-state index contributed by atoms with van der Waals surface area (Å²) in [5, 5.41) is 7.10. The predicted molar refractivity (Wildman–Crippen MR) is 81.1 cm³/mol. The maximum Gasteiger partial charge on any atom is 0.373 e. The van der Waals surface area contributed by atoms with E-state index in [9.17, 15) is 9.59 Å². The molecule has 0 radical (unpaired) electrons. The van der Waals surface area contributed by atoms with Gasteiger partial charge in [-0.15, -0.1) is 0 Å². The van der Waals surface area contributed by atoms with Gasteiger partial charge in [-0.3, -0.25) is 9.78 Å². The zero-order valence-corrected chi connectivity index (χ0v) is 12.7. The molecule has 23 heavy (non-hydrogen) atoms. The van der Waals surface area contributed by atoms with Crippen LogP contribution in [0.15, 0.2) is 22.7 Å². The Hall–Kier alpha value is -2.41. The Morgan fingerprint density at radius 1 is 1.39 bits per heavy atom. The number of aromatic nitrogens is 1. The number of ether oxygens (including phenoxy) is 1. The number of methoxy groups -OCH3 is 1. The van der Waals surface area contributed by atoms with E-state index in [0.717, 1.165) is 19.4 Å². The van der Waals surface area contributed by atoms with Gasteiger partial charge in [0.05, 0.1) is 7.11 Å². The van der Waals surface area contributed by atoms with E-state index in [0.29, 0.717) is 22.9 Å². The summed E-state index contributed by atoms with van der Waals surface area (Å²) in [4.78, 5) is 28.0. The third-order valence-electron chi connectivity index (χ3n) is 4.67. The Labute approximate surface area is 132 Å². The first kappa shape index (κ1) is 14.2. The minimum absolute atomic E-state index is 0.0964. The number of amides is 1. The number of carbonyl (C=O) groups excluding carboxylic acids is 2. The van der Waals surface area contributed by atoms with Crippen molar-refractivity contribution >= 4 is 22.8 Å². The van der Waals surface area contributed by atoms with E-state index in [2.05, 4.69) is 20.4 Å². The van der Waals surface area contributed by atoms with Crippen LogP contribution in [0.4, 0.5) is 0 Å². The molecule has 7 heteroatoms. The predicted octanol–water partition coefficient (Wildman–Crippen LogP) is 1.09. The lowest BCUT2D eigenvalue weighted by molar-refractivity contribution is 0.0567. The van der Waals surface area contributed by atoms with E-state index in [-0.39, 0.29) is 23.4 Å². The number of hydrogen-bond donors (Lipinski definition) is 2. The molecule has 2 fully saturated rings. The van der Waals surface area contributed by atoms with Crippen molar-refractivity contribution in [1.29, 1.82) is 0 Å². The molecule has 2 aromatic heterocycles. The van der Waals surface area contributed by atoms with Crippen molar-refractivity contribution in [3.05, 3.63) is 29.8 Å². The molecule has 120 valence electrons. The number of fused-ring (bicyclic) bond motifs is 3. The van der Waals surface area contributed by atoms with E-state index in [1.807, 2.05) is 0 Å². The van der Waals surface area contributed by atoms with Crippen LogP contribution in [0.1, 0.15) is 33.9 Å². The fourth-order valence-corrected chi connectivity index (χ4v) is 3.51. The lowest BCUT2D eigenvalue weighted by Gasteiger charge is -2.23. The molecule has 2 bridgehead atoms. The Kier molecular flexibility index (Phi) is 3.30. The highest BCUT2D eigenvalue weighted by atomic mass is 16.5. The van der Waals surface area contributed by atoms with Crippen molar-refractivity contribution in [3.63, 3.8) is 0 Å². The third-order valence-corrected chi connectivity index (χ3v) is 4.67. The maximum absolute atomic E-state index is 12.4. The molecular weight excluding hydrogens is 298 g/mol. The molecule has 0 aromatic carbocycles. The van der Waals surface area contributed by atoms with Crippen LogP contribution in [0, 0.1) is 5.92 Å². The van der Waals surface area contributed by atoms with Crippen molar-refractivity contribution in [2.75, 3.05) is 13.7 Å². The molecule has 2 N–H and O–H groups in total. The molecular formula is C16H17N3O4. The van der Waals surface area contributed by atoms with Crippen molar-refractivity contribution in [2.45, 2.75) is 24.9 Å². The third kappa shape index (κ3) is 2.46. The second kappa shape index (κ2) is 5.34. The zero-order valence-electron chi connectivity index (χ0n) is 12.7. The second-order valence-electron chi connectivity index (χ2n) is 6.14. The van der Waals surface area contributed by atoms with Gasteiger partial charge < -0.3 is 19.8 Å². The first-order valence-electron chi connectivity index (χ1n) is 7.66. The number of hydrogen-bond acceptors (Lipinski definition) is 6. The van der Waals surface area contributed by atoms with Crippen molar-refractivity contribution < 1.29 is 18.7 Å². The molecule has 3 heterocycles. The number of piperidine rings is 1. The van der Waals surface area contributed by atoms with Gasteiger partial charge >= 0.3 is 5.97 Å². The van der Waals surface area contributed by atoms with Crippen LogP contribution in [-0.4, -0.2) is 42.6 Å². The number of nitrogens with one attached hydrogen (secondary N) is 2. The number of esters is 1. The molecule has 1 aliphatic carbocycles. The van der Waals surface area contributed by atoms with Gasteiger partial charge in [0.2, 0.25) is 5.76 Å². The van der Waals surface area contributed by atoms with Crippen LogP contribution < -0.4 is 10.6 Å². The Balaban J connectivity index is 1.54. The van der Waals surface area contributed by atoms with Crippen LogP contribution in [0.2, 0.25) is 0 Å². The van der Waals surface area contributed by atoms with Crippen molar-refractivity contribution in [1.82, 2.24) is 15.6 Å². The van der Waals surface area contributed by atoms with E-state index in [1.54, 1.807) is 12.1 Å². The van der Waals surface area contributed by atoms with E-state index in [4.69, 9.17) is 4.42 Å². The average molecular weight is 315 g/mol. The van der Waals surface area contributed by atoms with Crippen LogP contribution >= 0.6 is 0 Å².